The number of carbonyl (C=O) groups is 1. The van der Waals surface area contributed by atoms with E-state index >= 15 is 0 Å². The Bertz CT molecular complexity index is 1230. The molecule has 0 saturated heterocycles. The van der Waals surface area contributed by atoms with Gasteiger partial charge in [-0.3, -0.25) is 0 Å². The predicted molar refractivity (Wildman–Crippen MR) is 130 cm³/mol. The van der Waals surface area contributed by atoms with Gasteiger partial charge in [-0.1, -0.05) is 25.1 Å². The first-order valence-electron chi connectivity index (χ1n) is 10.7. The van der Waals surface area contributed by atoms with Crippen molar-refractivity contribution >= 4 is 37.4 Å². The molecule has 2 aromatic carbocycles. The molecule has 3 rings (SSSR count). The van der Waals surface area contributed by atoms with E-state index in [2.05, 4.69) is 0 Å². The Morgan fingerprint density at radius 1 is 1.18 bits per heavy atom. The van der Waals surface area contributed by atoms with Gasteiger partial charge in [0.15, 0.2) is 6.61 Å². The van der Waals surface area contributed by atoms with E-state index in [0.29, 0.717) is 28.7 Å². The molecule has 1 heterocycles. The third kappa shape index (κ3) is 5.85. The summed E-state index contributed by atoms with van der Waals surface area (Å²) in [7, 11) is -3.68. The molecule has 0 spiro atoms. The Balaban J connectivity index is 1.76. The van der Waals surface area contributed by atoms with Crippen molar-refractivity contribution in [2.75, 3.05) is 19.7 Å². The number of rotatable bonds is 11. The van der Waals surface area contributed by atoms with E-state index in [-0.39, 0.29) is 6.54 Å². The molecule has 1 atom stereocenters. The number of fused-ring (bicyclic) bond motifs is 1. The molecular weight excluding hydrogens is 462 g/mol. The zero-order valence-corrected chi connectivity index (χ0v) is 20.8. The smallest absolute Gasteiger partial charge is 0.341 e. The molecule has 0 aliphatic carbocycles. The van der Waals surface area contributed by atoms with Gasteiger partial charge in [-0.15, -0.1) is 11.3 Å². The molecule has 3 aromatic rings. The van der Waals surface area contributed by atoms with Crippen LogP contribution in [0.1, 0.15) is 31.4 Å². The van der Waals surface area contributed by atoms with Crippen LogP contribution in [0.4, 0.5) is 0 Å². The van der Waals surface area contributed by atoms with Crippen LogP contribution >= 0.6 is 11.3 Å². The van der Waals surface area contributed by atoms with E-state index < -0.39 is 28.7 Å². The second-order valence-electron chi connectivity index (χ2n) is 7.91. The van der Waals surface area contributed by atoms with Crippen LogP contribution in [0.5, 0.6) is 11.5 Å². The Hall–Kier alpha value is -2.62. The minimum Gasteiger partial charge on any atom is -0.489 e. The number of thiophene rings is 1. The number of nitrogens with zero attached hydrogens (tertiary/aromatic N) is 1. The second kappa shape index (κ2) is 10.5. The number of hydrogen-bond acceptors (Lipinski definition) is 6. The fourth-order valence-corrected chi connectivity index (χ4v) is 7.13. The SMILES string of the molecule is CCCN(CC(C)Oc1ccc(OCC(=O)O)c(C)c1)S(=O)(=O)c1sc2ccccc2c1C. The van der Waals surface area contributed by atoms with E-state index in [1.165, 1.54) is 15.6 Å². The van der Waals surface area contributed by atoms with Gasteiger partial charge in [0.25, 0.3) is 10.0 Å². The predicted octanol–water partition coefficient (Wildman–Crippen LogP) is 4.85. The van der Waals surface area contributed by atoms with Gasteiger partial charge in [-0.25, -0.2) is 13.2 Å². The zero-order valence-electron chi connectivity index (χ0n) is 19.2. The molecule has 0 saturated carbocycles. The monoisotopic (exact) mass is 491 g/mol. The number of sulfonamides is 1. The zero-order chi connectivity index (χ0) is 24.2. The largest absolute Gasteiger partial charge is 0.489 e. The summed E-state index contributed by atoms with van der Waals surface area (Å²) in [5.74, 6) is -0.0168. The number of carboxylic acids is 1. The van der Waals surface area contributed by atoms with Gasteiger partial charge in [0, 0.05) is 11.2 Å². The standard InChI is InChI=1S/C24H29NO6S2/c1-5-12-25(33(28,29)24-18(4)20-8-6-7-9-22(20)32-24)14-17(3)31-19-10-11-21(16(2)13-19)30-15-23(26)27/h6-11,13,17H,5,12,14-15H2,1-4H3,(H,26,27). The van der Waals surface area contributed by atoms with Crippen molar-refractivity contribution in [3.8, 4) is 11.5 Å². The third-order valence-corrected chi connectivity index (χ3v) is 8.88. The van der Waals surface area contributed by atoms with Crippen LogP contribution in [0.25, 0.3) is 10.1 Å². The number of aliphatic carboxylic acids is 1. The van der Waals surface area contributed by atoms with Gasteiger partial charge < -0.3 is 14.6 Å². The van der Waals surface area contributed by atoms with E-state index in [4.69, 9.17) is 14.6 Å². The van der Waals surface area contributed by atoms with E-state index in [0.717, 1.165) is 21.2 Å². The maximum absolute atomic E-state index is 13.5. The first-order chi connectivity index (χ1) is 15.6. The number of benzene rings is 2. The minimum atomic E-state index is -3.68. The van der Waals surface area contributed by atoms with Gasteiger partial charge in [0.2, 0.25) is 0 Å². The number of hydrogen-bond donors (Lipinski definition) is 1. The van der Waals surface area contributed by atoms with Crippen molar-refractivity contribution in [3.63, 3.8) is 0 Å². The van der Waals surface area contributed by atoms with Crippen LogP contribution in [0.3, 0.4) is 0 Å². The summed E-state index contributed by atoms with van der Waals surface area (Å²) in [6.45, 7) is 7.62. The molecule has 0 radical (unpaired) electrons. The van der Waals surface area contributed by atoms with Crippen LogP contribution < -0.4 is 9.47 Å². The highest BCUT2D eigenvalue weighted by Gasteiger charge is 2.30. The average molecular weight is 492 g/mol. The Morgan fingerprint density at radius 3 is 2.55 bits per heavy atom. The summed E-state index contributed by atoms with van der Waals surface area (Å²) in [6, 6.07) is 12.8. The van der Waals surface area contributed by atoms with Crippen molar-refractivity contribution in [2.45, 2.75) is 44.4 Å². The summed E-state index contributed by atoms with van der Waals surface area (Å²) >= 11 is 1.30. The van der Waals surface area contributed by atoms with E-state index in [9.17, 15) is 13.2 Å². The van der Waals surface area contributed by atoms with Gasteiger partial charge >= 0.3 is 5.97 Å². The molecule has 0 bridgehead atoms. The van der Waals surface area contributed by atoms with Crippen LogP contribution in [0.2, 0.25) is 0 Å². The number of aryl methyl sites for hydroxylation is 2. The quantitative estimate of drug-likeness (QED) is 0.412. The highest BCUT2D eigenvalue weighted by molar-refractivity contribution is 7.91. The molecule has 33 heavy (non-hydrogen) atoms. The molecule has 0 aliphatic heterocycles. The molecule has 0 aliphatic rings. The van der Waals surface area contributed by atoms with Crippen LogP contribution in [0.15, 0.2) is 46.7 Å². The lowest BCUT2D eigenvalue weighted by atomic mass is 10.2. The molecule has 1 unspecified atom stereocenters. The lowest BCUT2D eigenvalue weighted by Crippen LogP contribution is -2.39. The topological polar surface area (TPSA) is 93.1 Å². The second-order valence-corrected chi connectivity index (χ2v) is 11.1. The minimum absolute atomic E-state index is 0.209. The lowest BCUT2D eigenvalue weighted by Gasteiger charge is -2.25. The molecule has 7 nitrogen and oxygen atoms in total. The van der Waals surface area contributed by atoms with Gasteiger partial charge in [0.05, 0.1) is 6.54 Å². The van der Waals surface area contributed by atoms with E-state index in [1.807, 2.05) is 45.0 Å². The molecule has 1 aromatic heterocycles. The van der Waals surface area contributed by atoms with E-state index in [1.54, 1.807) is 25.1 Å². The fourth-order valence-electron chi connectivity index (χ4n) is 3.63. The van der Waals surface area contributed by atoms with Crippen LogP contribution in [0, 0.1) is 13.8 Å². The van der Waals surface area contributed by atoms with Gasteiger partial charge in [-0.05, 0) is 68.0 Å². The van der Waals surface area contributed by atoms with Crippen molar-refractivity contribution < 1.29 is 27.8 Å². The first kappa shape index (κ1) is 25.0. The highest BCUT2D eigenvalue weighted by Crippen LogP contribution is 2.35. The fraction of sp³-hybridized carbons (Fsp3) is 0.375. The van der Waals surface area contributed by atoms with Gasteiger partial charge in [-0.2, -0.15) is 4.31 Å². The third-order valence-electron chi connectivity index (χ3n) is 5.14. The number of carboxylic acid groups (broad SMARTS) is 1. The Labute approximate surface area is 198 Å². The summed E-state index contributed by atoms with van der Waals surface area (Å²) in [6.07, 6.45) is 0.288. The molecule has 9 heteroatoms. The summed E-state index contributed by atoms with van der Waals surface area (Å²) in [4.78, 5) is 10.7. The van der Waals surface area contributed by atoms with Crippen LogP contribution in [-0.4, -0.2) is 49.6 Å². The van der Waals surface area contributed by atoms with Crippen LogP contribution in [-0.2, 0) is 14.8 Å². The number of ether oxygens (including phenoxy) is 2. The van der Waals surface area contributed by atoms with Gasteiger partial charge in [0.1, 0.15) is 21.8 Å². The van der Waals surface area contributed by atoms with Crippen molar-refractivity contribution in [3.05, 3.63) is 53.6 Å². The molecule has 1 N–H and O–H groups in total. The van der Waals surface area contributed by atoms with Crippen molar-refractivity contribution in [1.29, 1.82) is 0 Å². The Morgan fingerprint density at radius 2 is 1.91 bits per heavy atom. The normalized spacial score (nSPS) is 12.8. The summed E-state index contributed by atoms with van der Waals surface area (Å²) in [5.41, 5.74) is 1.51. The lowest BCUT2D eigenvalue weighted by molar-refractivity contribution is -0.139. The maximum Gasteiger partial charge on any atom is 0.341 e. The Kier molecular flexibility index (Phi) is 7.99. The van der Waals surface area contributed by atoms with Crippen molar-refractivity contribution in [2.24, 2.45) is 0 Å². The summed E-state index contributed by atoms with van der Waals surface area (Å²) in [5, 5.41) is 9.73. The van der Waals surface area contributed by atoms with Crippen molar-refractivity contribution in [1.82, 2.24) is 4.31 Å². The highest BCUT2D eigenvalue weighted by atomic mass is 32.2. The molecular formula is C24H29NO6S2. The average Bonchev–Trinajstić information content (AvgIpc) is 3.10. The molecule has 0 fully saturated rings. The summed E-state index contributed by atoms with van der Waals surface area (Å²) < 4.78 is 41.1. The molecule has 0 amide bonds. The first-order valence-corrected chi connectivity index (χ1v) is 13.0. The maximum atomic E-state index is 13.5. The molecule has 178 valence electrons.